The third-order valence-corrected chi connectivity index (χ3v) is 2.87. The SMILES string of the molecule is COc1cc(C(=O)CC(=O)C(F)(F)F)ccc1-c1cocn1. The summed E-state index contributed by atoms with van der Waals surface area (Å²) in [6, 6.07) is 4.02. The topological polar surface area (TPSA) is 69.4 Å². The number of benzene rings is 1. The Kier molecular flexibility index (Phi) is 4.30. The first-order valence-electron chi connectivity index (χ1n) is 6.02. The molecule has 0 saturated heterocycles. The first-order chi connectivity index (χ1) is 10.3. The van der Waals surface area contributed by atoms with Gasteiger partial charge in [-0.15, -0.1) is 0 Å². The second-order valence-electron chi connectivity index (χ2n) is 4.31. The molecule has 1 aromatic heterocycles. The molecule has 0 amide bonds. The molecule has 5 nitrogen and oxygen atoms in total. The van der Waals surface area contributed by atoms with E-state index in [1.54, 1.807) is 0 Å². The number of rotatable bonds is 5. The molecule has 22 heavy (non-hydrogen) atoms. The van der Waals surface area contributed by atoms with Crippen LogP contribution >= 0.6 is 0 Å². The summed E-state index contributed by atoms with van der Waals surface area (Å²) in [6.45, 7) is 0. The average Bonchev–Trinajstić information content (AvgIpc) is 2.99. The van der Waals surface area contributed by atoms with Gasteiger partial charge in [-0.3, -0.25) is 9.59 Å². The van der Waals surface area contributed by atoms with Gasteiger partial charge in [-0.25, -0.2) is 4.98 Å². The summed E-state index contributed by atoms with van der Waals surface area (Å²) in [4.78, 5) is 26.5. The van der Waals surface area contributed by atoms with Gasteiger partial charge in [-0.1, -0.05) is 6.07 Å². The monoisotopic (exact) mass is 313 g/mol. The predicted octanol–water partition coefficient (Wildman–Crippen LogP) is 3.05. The van der Waals surface area contributed by atoms with E-state index in [-0.39, 0.29) is 11.3 Å². The molecule has 2 aromatic rings. The fourth-order valence-corrected chi connectivity index (χ4v) is 1.77. The molecule has 0 aliphatic heterocycles. The van der Waals surface area contributed by atoms with Gasteiger partial charge in [0.1, 0.15) is 17.7 Å². The molecule has 0 atom stereocenters. The van der Waals surface area contributed by atoms with Crippen molar-refractivity contribution in [1.82, 2.24) is 4.98 Å². The van der Waals surface area contributed by atoms with Crippen LogP contribution in [0.5, 0.6) is 5.75 Å². The van der Waals surface area contributed by atoms with Crippen LogP contribution in [0.25, 0.3) is 11.3 Å². The zero-order valence-electron chi connectivity index (χ0n) is 11.3. The maximum atomic E-state index is 12.2. The number of oxazole rings is 1. The van der Waals surface area contributed by atoms with E-state index in [0.717, 1.165) is 0 Å². The van der Waals surface area contributed by atoms with Gasteiger partial charge in [0, 0.05) is 11.1 Å². The summed E-state index contributed by atoms with van der Waals surface area (Å²) in [5.41, 5.74) is 0.902. The second kappa shape index (κ2) is 6.00. The smallest absolute Gasteiger partial charge is 0.450 e. The Labute approximate surface area is 122 Å². The van der Waals surface area contributed by atoms with Crippen LogP contribution in [0.1, 0.15) is 16.8 Å². The molecule has 0 fully saturated rings. The normalized spacial score (nSPS) is 11.3. The summed E-state index contributed by atoms with van der Waals surface area (Å²) in [5.74, 6) is -2.79. The van der Waals surface area contributed by atoms with E-state index < -0.39 is 24.2 Å². The first-order valence-corrected chi connectivity index (χ1v) is 6.02. The number of hydrogen-bond acceptors (Lipinski definition) is 5. The average molecular weight is 313 g/mol. The summed E-state index contributed by atoms with van der Waals surface area (Å²) >= 11 is 0. The van der Waals surface area contributed by atoms with Crippen molar-refractivity contribution in [2.45, 2.75) is 12.6 Å². The highest BCUT2D eigenvalue weighted by Gasteiger charge is 2.39. The van der Waals surface area contributed by atoms with Crippen LogP contribution in [0.2, 0.25) is 0 Å². The fraction of sp³-hybridized carbons (Fsp3) is 0.214. The Balaban J connectivity index is 2.26. The lowest BCUT2D eigenvalue weighted by Crippen LogP contribution is -2.25. The van der Waals surface area contributed by atoms with Crippen molar-refractivity contribution in [2.75, 3.05) is 7.11 Å². The Hall–Kier alpha value is -2.64. The molecule has 0 aliphatic rings. The van der Waals surface area contributed by atoms with E-state index in [1.165, 1.54) is 38.0 Å². The van der Waals surface area contributed by atoms with E-state index in [9.17, 15) is 22.8 Å². The van der Waals surface area contributed by atoms with Gasteiger partial charge in [0.05, 0.1) is 13.5 Å². The van der Waals surface area contributed by atoms with Crippen molar-refractivity contribution in [1.29, 1.82) is 0 Å². The van der Waals surface area contributed by atoms with Crippen LogP contribution in [0.4, 0.5) is 13.2 Å². The number of methoxy groups -OCH3 is 1. The molecule has 0 radical (unpaired) electrons. The fourth-order valence-electron chi connectivity index (χ4n) is 1.77. The minimum atomic E-state index is -5.03. The van der Waals surface area contributed by atoms with E-state index in [0.29, 0.717) is 11.3 Å². The third kappa shape index (κ3) is 3.33. The molecular formula is C14H10F3NO4. The largest absolute Gasteiger partial charge is 0.496 e. The summed E-state index contributed by atoms with van der Waals surface area (Å²) in [7, 11) is 1.34. The summed E-state index contributed by atoms with van der Waals surface area (Å²) in [6.07, 6.45) is -3.71. The van der Waals surface area contributed by atoms with Crippen LogP contribution in [0, 0.1) is 0 Å². The molecule has 0 saturated carbocycles. The number of carbonyl (C=O) groups excluding carboxylic acids is 2. The van der Waals surface area contributed by atoms with Gasteiger partial charge >= 0.3 is 6.18 Å². The second-order valence-corrected chi connectivity index (χ2v) is 4.31. The van der Waals surface area contributed by atoms with Crippen LogP contribution in [-0.2, 0) is 4.79 Å². The standard InChI is InChI=1S/C14H10F3NO4/c1-21-12-4-8(11(19)5-13(20)14(15,16)17)2-3-9(12)10-6-22-7-18-10/h2-4,6-7H,5H2,1H3. The molecule has 116 valence electrons. The summed E-state index contributed by atoms with van der Waals surface area (Å²) < 4.78 is 46.5. The van der Waals surface area contributed by atoms with Crippen molar-refractivity contribution in [3.63, 3.8) is 0 Å². The van der Waals surface area contributed by atoms with E-state index >= 15 is 0 Å². The van der Waals surface area contributed by atoms with Gasteiger partial charge in [-0.2, -0.15) is 13.2 Å². The number of nitrogens with zero attached hydrogens (tertiary/aromatic N) is 1. The number of alkyl halides is 3. The number of carbonyl (C=O) groups is 2. The molecule has 0 N–H and O–H groups in total. The molecule has 2 rings (SSSR count). The number of ketones is 2. The number of hydrogen-bond donors (Lipinski definition) is 0. The predicted molar refractivity (Wildman–Crippen MR) is 68.5 cm³/mol. The first kappa shape index (κ1) is 15.7. The molecule has 0 spiro atoms. The zero-order valence-corrected chi connectivity index (χ0v) is 11.3. The van der Waals surface area contributed by atoms with Gasteiger partial charge in [0.25, 0.3) is 0 Å². The Morgan fingerprint density at radius 1 is 1.32 bits per heavy atom. The van der Waals surface area contributed by atoms with Crippen LogP contribution in [0.15, 0.2) is 35.3 Å². The molecule has 0 bridgehead atoms. The molecule has 1 aromatic carbocycles. The van der Waals surface area contributed by atoms with Gasteiger partial charge in [0.2, 0.25) is 5.78 Å². The molecule has 1 heterocycles. The van der Waals surface area contributed by atoms with Crippen molar-refractivity contribution in [2.24, 2.45) is 0 Å². The lowest BCUT2D eigenvalue weighted by Gasteiger charge is -2.09. The van der Waals surface area contributed by atoms with Crippen molar-refractivity contribution in [3.05, 3.63) is 36.4 Å². The maximum absolute atomic E-state index is 12.2. The Morgan fingerprint density at radius 3 is 2.59 bits per heavy atom. The Morgan fingerprint density at radius 2 is 2.05 bits per heavy atom. The highest BCUT2D eigenvalue weighted by Crippen LogP contribution is 2.30. The quantitative estimate of drug-likeness (QED) is 0.627. The molecular weight excluding hydrogens is 303 g/mol. The molecule has 8 heteroatoms. The molecule has 0 aliphatic carbocycles. The van der Waals surface area contributed by atoms with Gasteiger partial charge in [-0.05, 0) is 12.1 Å². The van der Waals surface area contributed by atoms with Gasteiger partial charge in [0.15, 0.2) is 12.2 Å². The maximum Gasteiger partial charge on any atom is 0.450 e. The highest BCUT2D eigenvalue weighted by atomic mass is 19.4. The summed E-state index contributed by atoms with van der Waals surface area (Å²) in [5, 5.41) is 0. The lowest BCUT2D eigenvalue weighted by molar-refractivity contribution is -0.170. The van der Waals surface area contributed by atoms with Crippen molar-refractivity contribution in [3.8, 4) is 17.0 Å². The highest BCUT2D eigenvalue weighted by molar-refractivity contribution is 6.09. The van der Waals surface area contributed by atoms with E-state index in [2.05, 4.69) is 4.98 Å². The number of ether oxygens (including phenoxy) is 1. The third-order valence-electron chi connectivity index (χ3n) is 2.87. The lowest BCUT2D eigenvalue weighted by atomic mass is 10.0. The van der Waals surface area contributed by atoms with Crippen LogP contribution in [-0.4, -0.2) is 29.8 Å². The minimum Gasteiger partial charge on any atom is -0.496 e. The molecule has 0 unspecified atom stereocenters. The number of aromatic nitrogens is 1. The number of Topliss-reactive ketones (excluding diaryl/α,β-unsaturated/α-hetero) is 2. The van der Waals surface area contributed by atoms with E-state index in [4.69, 9.17) is 9.15 Å². The van der Waals surface area contributed by atoms with Gasteiger partial charge < -0.3 is 9.15 Å². The van der Waals surface area contributed by atoms with Crippen molar-refractivity contribution < 1.29 is 31.9 Å². The minimum absolute atomic E-state index is 0.0540. The van der Waals surface area contributed by atoms with Crippen LogP contribution in [0.3, 0.4) is 0 Å². The Bertz CT molecular complexity index is 693. The zero-order chi connectivity index (χ0) is 16.3. The van der Waals surface area contributed by atoms with E-state index in [1.807, 2.05) is 0 Å². The van der Waals surface area contributed by atoms with Crippen LogP contribution < -0.4 is 4.74 Å². The number of halogens is 3. The van der Waals surface area contributed by atoms with Crippen molar-refractivity contribution >= 4 is 11.6 Å².